The third-order valence-corrected chi connectivity index (χ3v) is 5.92. The molecule has 1 aliphatic rings. The maximum absolute atomic E-state index is 13.1. The van der Waals surface area contributed by atoms with Gasteiger partial charge in [0.1, 0.15) is 18.1 Å². The molecule has 1 fully saturated rings. The molecule has 5 unspecified atom stereocenters. The van der Waals surface area contributed by atoms with Gasteiger partial charge in [0.05, 0.1) is 12.1 Å². The summed E-state index contributed by atoms with van der Waals surface area (Å²) in [6.07, 6.45) is 1.68. The number of nitrogens with one attached hydrogen (secondary N) is 4. The van der Waals surface area contributed by atoms with Crippen molar-refractivity contribution in [1.82, 2.24) is 21.3 Å². The largest absolute Gasteiger partial charge is 0.480 e. The molecule has 0 saturated carbocycles. The van der Waals surface area contributed by atoms with Gasteiger partial charge in [-0.05, 0) is 57.7 Å². The third kappa shape index (κ3) is 9.27. The molecule has 0 spiro atoms. The second-order valence-electron chi connectivity index (χ2n) is 8.81. The summed E-state index contributed by atoms with van der Waals surface area (Å²) in [5.41, 5.74) is 6.22. The highest BCUT2D eigenvalue weighted by molar-refractivity contribution is 5.94. The van der Waals surface area contributed by atoms with E-state index in [4.69, 9.17) is 5.73 Å². The highest BCUT2D eigenvalue weighted by atomic mass is 16.4. The van der Waals surface area contributed by atoms with Crippen LogP contribution in [-0.2, 0) is 25.6 Å². The number of unbranched alkanes of at least 4 members (excludes halogenated alkanes) is 1. The Morgan fingerprint density at radius 1 is 1.06 bits per heavy atom. The van der Waals surface area contributed by atoms with E-state index < -0.39 is 54.0 Å². The Bertz CT molecular complexity index is 844. The van der Waals surface area contributed by atoms with Gasteiger partial charge in [-0.25, -0.2) is 4.79 Å². The molecule has 1 aromatic carbocycles. The van der Waals surface area contributed by atoms with Crippen LogP contribution in [0.1, 0.15) is 44.6 Å². The quantitative estimate of drug-likeness (QED) is 0.162. The summed E-state index contributed by atoms with van der Waals surface area (Å²) in [7, 11) is 0. The van der Waals surface area contributed by atoms with Crippen LogP contribution in [0.25, 0.3) is 0 Å². The smallest absolute Gasteiger partial charge is 0.326 e. The van der Waals surface area contributed by atoms with Gasteiger partial charge in [0.15, 0.2) is 0 Å². The van der Waals surface area contributed by atoms with E-state index in [2.05, 4.69) is 21.3 Å². The maximum atomic E-state index is 13.1. The lowest BCUT2D eigenvalue weighted by Gasteiger charge is -2.26. The molecular weight excluding hydrogens is 454 g/mol. The summed E-state index contributed by atoms with van der Waals surface area (Å²) >= 11 is 0. The van der Waals surface area contributed by atoms with Crippen molar-refractivity contribution in [2.75, 3.05) is 13.1 Å². The summed E-state index contributed by atoms with van der Waals surface area (Å²) in [5, 5.41) is 30.4. The minimum atomic E-state index is -1.28. The van der Waals surface area contributed by atoms with Crippen LogP contribution in [-0.4, -0.2) is 77.3 Å². The van der Waals surface area contributed by atoms with Gasteiger partial charge < -0.3 is 37.2 Å². The van der Waals surface area contributed by atoms with Crippen LogP contribution >= 0.6 is 0 Å². The van der Waals surface area contributed by atoms with Crippen molar-refractivity contribution in [3.05, 3.63) is 35.9 Å². The predicted octanol–water partition coefficient (Wildman–Crippen LogP) is -0.970. The summed E-state index contributed by atoms with van der Waals surface area (Å²) in [5.74, 6) is -3.00. The van der Waals surface area contributed by atoms with Crippen molar-refractivity contribution in [3.63, 3.8) is 0 Å². The Kier molecular flexibility index (Phi) is 11.6. The van der Waals surface area contributed by atoms with Crippen molar-refractivity contribution in [1.29, 1.82) is 0 Å². The Morgan fingerprint density at radius 2 is 1.74 bits per heavy atom. The first kappa shape index (κ1) is 28.2. The van der Waals surface area contributed by atoms with E-state index in [-0.39, 0.29) is 12.8 Å². The number of amides is 3. The second-order valence-corrected chi connectivity index (χ2v) is 8.81. The molecule has 1 heterocycles. The first-order chi connectivity index (χ1) is 16.7. The van der Waals surface area contributed by atoms with Crippen LogP contribution < -0.4 is 27.0 Å². The normalized spacial score (nSPS) is 18.7. The fraction of sp³-hybridized carbons (Fsp3) is 0.583. The molecule has 1 aromatic rings. The van der Waals surface area contributed by atoms with Gasteiger partial charge in [-0.3, -0.25) is 14.4 Å². The van der Waals surface area contributed by atoms with E-state index in [1.54, 1.807) is 24.3 Å². The fourth-order valence-electron chi connectivity index (χ4n) is 3.91. The van der Waals surface area contributed by atoms with Crippen LogP contribution in [0.5, 0.6) is 0 Å². The highest BCUT2D eigenvalue weighted by Crippen LogP contribution is 2.09. The highest BCUT2D eigenvalue weighted by Gasteiger charge is 2.33. The monoisotopic (exact) mass is 491 g/mol. The topological polar surface area (TPSA) is 183 Å². The SMILES string of the molecule is CC(O)C(NC(=O)C1CCCN1)C(=O)NC(Cc1ccccc1)C(=O)NC(CCCCN)C(=O)O. The van der Waals surface area contributed by atoms with Crippen molar-refractivity contribution in [2.45, 2.75) is 75.7 Å². The maximum Gasteiger partial charge on any atom is 0.326 e. The lowest BCUT2D eigenvalue weighted by molar-refractivity contribution is -0.142. The van der Waals surface area contributed by atoms with E-state index in [1.807, 2.05) is 6.07 Å². The van der Waals surface area contributed by atoms with Crippen LogP contribution in [0.2, 0.25) is 0 Å². The number of aliphatic hydroxyl groups is 1. The molecule has 35 heavy (non-hydrogen) atoms. The summed E-state index contributed by atoms with van der Waals surface area (Å²) < 4.78 is 0. The van der Waals surface area contributed by atoms with E-state index in [0.717, 1.165) is 12.0 Å². The molecule has 3 amide bonds. The van der Waals surface area contributed by atoms with Crippen molar-refractivity contribution >= 4 is 23.7 Å². The lowest BCUT2D eigenvalue weighted by Crippen LogP contribution is -2.60. The van der Waals surface area contributed by atoms with Gasteiger partial charge in [-0.2, -0.15) is 0 Å². The fourth-order valence-corrected chi connectivity index (χ4v) is 3.91. The van der Waals surface area contributed by atoms with Gasteiger partial charge in [0, 0.05) is 6.42 Å². The predicted molar refractivity (Wildman–Crippen MR) is 129 cm³/mol. The van der Waals surface area contributed by atoms with Crippen molar-refractivity contribution in [3.8, 4) is 0 Å². The number of carboxylic acids is 1. The van der Waals surface area contributed by atoms with E-state index in [1.165, 1.54) is 6.92 Å². The summed E-state index contributed by atoms with van der Waals surface area (Å²) in [4.78, 5) is 50.3. The first-order valence-electron chi connectivity index (χ1n) is 12.0. The summed E-state index contributed by atoms with van der Waals surface area (Å²) in [6, 6.07) is 4.95. The van der Waals surface area contributed by atoms with Crippen molar-refractivity contribution < 1.29 is 29.4 Å². The molecule has 5 atom stereocenters. The average Bonchev–Trinajstić information content (AvgIpc) is 3.37. The number of carbonyl (C=O) groups is 4. The molecule has 194 valence electrons. The molecule has 0 radical (unpaired) electrons. The number of benzene rings is 1. The number of nitrogens with two attached hydrogens (primary N) is 1. The summed E-state index contributed by atoms with van der Waals surface area (Å²) in [6.45, 7) is 2.48. The van der Waals surface area contributed by atoms with Gasteiger partial charge >= 0.3 is 5.97 Å². The number of hydrogen-bond acceptors (Lipinski definition) is 7. The minimum absolute atomic E-state index is 0.0954. The molecule has 0 bridgehead atoms. The Labute approximate surface area is 205 Å². The van der Waals surface area contributed by atoms with Gasteiger partial charge in [0.25, 0.3) is 0 Å². The zero-order valence-electron chi connectivity index (χ0n) is 20.0. The third-order valence-electron chi connectivity index (χ3n) is 5.92. The molecule has 1 saturated heterocycles. The van der Waals surface area contributed by atoms with E-state index in [0.29, 0.717) is 32.4 Å². The zero-order valence-corrected chi connectivity index (χ0v) is 20.0. The number of carboxylic acid groups (broad SMARTS) is 1. The van der Waals surface area contributed by atoms with Crippen LogP contribution in [0.3, 0.4) is 0 Å². The number of aliphatic hydroxyl groups excluding tert-OH is 1. The molecule has 2 rings (SSSR count). The number of rotatable bonds is 14. The van der Waals surface area contributed by atoms with E-state index >= 15 is 0 Å². The number of hydrogen-bond donors (Lipinski definition) is 7. The molecule has 1 aliphatic heterocycles. The Morgan fingerprint density at radius 3 is 2.31 bits per heavy atom. The number of carbonyl (C=O) groups excluding carboxylic acids is 3. The molecule has 11 nitrogen and oxygen atoms in total. The average molecular weight is 492 g/mol. The molecule has 8 N–H and O–H groups in total. The zero-order chi connectivity index (χ0) is 25.8. The molecule has 0 aliphatic carbocycles. The minimum Gasteiger partial charge on any atom is -0.480 e. The van der Waals surface area contributed by atoms with Gasteiger partial charge in [0.2, 0.25) is 17.7 Å². The Hall–Kier alpha value is -3.02. The number of aliphatic carboxylic acids is 1. The van der Waals surface area contributed by atoms with Gasteiger partial charge in [-0.1, -0.05) is 30.3 Å². The van der Waals surface area contributed by atoms with Crippen LogP contribution in [0.4, 0.5) is 0 Å². The van der Waals surface area contributed by atoms with Crippen LogP contribution in [0.15, 0.2) is 30.3 Å². The first-order valence-corrected chi connectivity index (χ1v) is 12.0. The van der Waals surface area contributed by atoms with E-state index in [9.17, 15) is 29.4 Å². The standard InChI is InChI=1S/C24H37N5O6/c1-15(30)20(29-21(31)17-11-7-13-26-17)23(33)28-19(14-16-8-3-2-4-9-16)22(32)27-18(24(34)35)10-5-6-12-25/h2-4,8-9,15,17-20,26,30H,5-7,10-14,25H2,1H3,(H,27,32)(H,28,33)(H,29,31)(H,34,35). The molecule has 0 aromatic heterocycles. The second kappa shape index (κ2) is 14.4. The van der Waals surface area contributed by atoms with Gasteiger partial charge in [-0.15, -0.1) is 0 Å². The molecule has 11 heteroatoms. The molecular formula is C24H37N5O6. The van der Waals surface area contributed by atoms with Crippen LogP contribution in [0, 0.1) is 0 Å². The lowest BCUT2D eigenvalue weighted by atomic mass is 10.0. The van der Waals surface area contributed by atoms with Crippen molar-refractivity contribution in [2.24, 2.45) is 5.73 Å². The Balaban J connectivity index is 2.15.